The van der Waals surface area contributed by atoms with Gasteiger partial charge in [0.2, 0.25) is 0 Å². The van der Waals surface area contributed by atoms with Gasteiger partial charge in [0, 0.05) is 4.88 Å². The minimum Gasteiger partial charge on any atom is -0.476 e. The molecule has 0 fully saturated rings. The number of carboxylic acid groups (broad SMARTS) is 1. The van der Waals surface area contributed by atoms with Crippen molar-refractivity contribution < 1.29 is 19.4 Å². The Morgan fingerprint density at radius 3 is 2.89 bits per heavy atom. The molecule has 0 radical (unpaired) electrons. The summed E-state index contributed by atoms with van der Waals surface area (Å²) in [6.45, 7) is 5.44. The Labute approximate surface area is 108 Å². The average molecular weight is 270 g/mol. The van der Waals surface area contributed by atoms with Crippen molar-refractivity contribution in [1.29, 1.82) is 0 Å². The third-order valence-corrected chi connectivity index (χ3v) is 2.95. The number of ether oxygens (including phenoxy) is 1. The lowest BCUT2D eigenvalue weighted by molar-refractivity contribution is 0.0690. The van der Waals surface area contributed by atoms with E-state index >= 15 is 0 Å². The van der Waals surface area contributed by atoms with Crippen LogP contribution in [0.5, 0.6) is 0 Å². The van der Waals surface area contributed by atoms with Crippen molar-refractivity contribution in [3.8, 4) is 0 Å². The van der Waals surface area contributed by atoms with Crippen molar-refractivity contribution in [3.63, 3.8) is 0 Å². The number of amides is 1. The Bertz CT molecular complexity index is 456. The van der Waals surface area contributed by atoms with Gasteiger partial charge in [0.25, 0.3) is 0 Å². The summed E-state index contributed by atoms with van der Waals surface area (Å²) in [6, 6.07) is 0. The highest BCUT2D eigenvalue weighted by molar-refractivity contribution is 7.16. The molecule has 0 spiro atoms. The molecule has 2 N–H and O–H groups in total. The number of nitrogens with zero attached hydrogens (tertiary/aromatic N) is 1. The van der Waals surface area contributed by atoms with Crippen LogP contribution in [-0.4, -0.2) is 28.8 Å². The lowest BCUT2D eigenvalue weighted by atomic mass is 10.2. The Hall–Kier alpha value is -1.89. The zero-order chi connectivity index (χ0) is 13.5. The van der Waals surface area contributed by atoms with Crippen molar-refractivity contribution in [2.45, 2.75) is 19.8 Å². The number of carboxylic acids is 1. The summed E-state index contributed by atoms with van der Waals surface area (Å²) in [5, 5.41) is 11.6. The summed E-state index contributed by atoms with van der Waals surface area (Å²) in [6.07, 6.45) is 2.18. The molecule has 0 unspecified atom stereocenters. The fourth-order valence-corrected chi connectivity index (χ4v) is 2.27. The third kappa shape index (κ3) is 3.85. The molecule has 0 aliphatic rings. The van der Waals surface area contributed by atoms with E-state index in [0.717, 1.165) is 17.8 Å². The van der Waals surface area contributed by atoms with E-state index in [1.54, 1.807) is 0 Å². The van der Waals surface area contributed by atoms with E-state index in [4.69, 9.17) is 9.84 Å². The van der Waals surface area contributed by atoms with E-state index in [1.165, 1.54) is 6.08 Å². The van der Waals surface area contributed by atoms with E-state index in [2.05, 4.69) is 16.9 Å². The highest BCUT2D eigenvalue weighted by Gasteiger charge is 2.18. The number of carbonyl (C=O) groups is 2. The van der Waals surface area contributed by atoms with Crippen LogP contribution in [0.15, 0.2) is 12.7 Å². The Morgan fingerprint density at radius 1 is 1.61 bits per heavy atom. The number of rotatable bonds is 6. The molecule has 1 amide bonds. The molecule has 1 aromatic heterocycles. The van der Waals surface area contributed by atoms with Crippen LogP contribution >= 0.6 is 11.3 Å². The van der Waals surface area contributed by atoms with Crippen LogP contribution in [0.25, 0.3) is 0 Å². The summed E-state index contributed by atoms with van der Waals surface area (Å²) in [5.74, 6) is -1.10. The molecule has 1 heterocycles. The van der Waals surface area contributed by atoms with Crippen LogP contribution in [0.3, 0.4) is 0 Å². The lowest BCUT2D eigenvalue weighted by Crippen LogP contribution is -2.13. The molecule has 0 saturated heterocycles. The molecule has 0 saturated carbocycles. The number of carbonyl (C=O) groups excluding carboxylic acids is 1. The Balaban J connectivity index is 2.77. The molecule has 1 aromatic rings. The van der Waals surface area contributed by atoms with Gasteiger partial charge >= 0.3 is 12.1 Å². The normalized spacial score (nSPS) is 9.83. The van der Waals surface area contributed by atoms with Gasteiger partial charge in [0.05, 0.1) is 0 Å². The van der Waals surface area contributed by atoms with Crippen molar-refractivity contribution in [1.82, 2.24) is 4.98 Å². The average Bonchev–Trinajstić information content (AvgIpc) is 2.70. The lowest BCUT2D eigenvalue weighted by Gasteiger charge is -2.00. The van der Waals surface area contributed by atoms with Crippen molar-refractivity contribution in [2.24, 2.45) is 0 Å². The van der Waals surface area contributed by atoms with Crippen LogP contribution in [-0.2, 0) is 11.2 Å². The van der Waals surface area contributed by atoms with Gasteiger partial charge in [-0.15, -0.1) is 11.3 Å². The van der Waals surface area contributed by atoms with E-state index in [1.807, 2.05) is 6.92 Å². The summed E-state index contributed by atoms with van der Waals surface area (Å²) < 4.78 is 4.72. The maximum Gasteiger partial charge on any atom is 0.413 e. The van der Waals surface area contributed by atoms with Crippen LogP contribution in [0.1, 0.15) is 28.7 Å². The highest BCUT2D eigenvalue weighted by atomic mass is 32.1. The van der Waals surface area contributed by atoms with E-state index in [-0.39, 0.29) is 17.4 Å². The number of thiazole rings is 1. The summed E-state index contributed by atoms with van der Waals surface area (Å²) in [4.78, 5) is 26.7. The van der Waals surface area contributed by atoms with Gasteiger partial charge in [-0.25, -0.2) is 14.6 Å². The van der Waals surface area contributed by atoms with Gasteiger partial charge in [0.1, 0.15) is 6.61 Å². The first kappa shape index (κ1) is 14.2. The Kier molecular flexibility index (Phi) is 5.31. The topological polar surface area (TPSA) is 88.5 Å². The number of aromatic carboxylic acids is 1. The number of hydrogen-bond donors (Lipinski definition) is 2. The summed E-state index contributed by atoms with van der Waals surface area (Å²) in [7, 11) is 0. The smallest absolute Gasteiger partial charge is 0.413 e. The third-order valence-electron chi connectivity index (χ3n) is 1.92. The number of hydrogen-bond acceptors (Lipinski definition) is 5. The Morgan fingerprint density at radius 2 is 2.33 bits per heavy atom. The first-order valence-corrected chi connectivity index (χ1v) is 6.17. The van der Waals surface area contributed by atoms with Crippen molar-refractivity contribution >= 4 is 28.5 Å². The molecular weight excluding hydrogens is 256 g/mol. The van der Waals surface area contributed by atoms with Crippen LogP contribution in [0.4, 0.5) is 9.93 Å². The molecular formula is C11H14N2O4S. The van der Waals surface area contributed by atoms with Gasteiger partial charge < -0.3 is 9.84 Å². The molecule has 0 bridgehead atoms. The second-order valence-electron chi connectivity index (χ2n) is 3.36. The molecule has 7 heteroatoms. The SMILES string of the molecule is C=CCOC(=O)Nc1nc(C(=O)O)c(CCC)s1. The van der Waals surface area contributed by atoms with Gasteiger partial charge in [-0.05, 0) is 6.42 Å². The second-order valence-corrected chi connectivity index (χ2v) is 4.44. The first-order chi connectivity index (χ1) is 8.58. The molecule has 0 aliphatic heterocycles. The number of anilines is 1. The quantitative estimate of drug-likeness (QED) is 0.775. The molecule has 0 aliphatic carbocycles. The zero-order valence-corrected chi connectivity index (χ0v) is 10.7. The monoisotopic (exact) mass is 270 g/mol. The summed E-state index contributed by atoms with van der Waals surface area (Å²) in [5.41, 5.74) is -0.0131. The minimum atomic E-state index is -1.10. The predicted octanol–water partition coefficient (Wildman–Crippen LogP) is 2.53. The standard InChI is InChI=1S/C11H14N2O4S/c1-3-5-7-8(9(14)15)12-10(18-7)13-11(16)17-6-4-2/h4H,2-3,5-6H2,1H3,(H,14,15)(H,12,13,16). The van der Waals surface area contributed by atoms with E-state index in [9.17, 15) is 9.59 Å². The molecule has 0 aromatic carbocycles. The van der Waals surface area contributed by atoms with Gasteiger partial charge in [-0.2, -0.15) is 0 Å². The van der Waals surface area contributed by atoms with Crippen molar-refractivity contribution in [3.05, 3.63) is 23.2 Å². The number of nitrogens with one attached hydrogen (secondary N) is 1. The largest absolute Gasteiger partial charge is 0.476 e. The van der Waals surface area contributed by atoms with Gasteiger partial charge in [0.15, 0.2) is 10.8 Å². The predicted molar refractivity (Wildman–Crippen MR) is 68.2 cm³/mol. The summed E-state index contributed by atoms with van der Waals surface area (Å²) >= 11 is 1.14. The van der Waals surface area contributed by atoms with Crippen molar-refractivity contribution in [2.75, 3.05) is 11.9 Å². The molecule has 1 rings (SSSR count). The molecule has 0 atom stereocenters. The first-order valence-electron chi connectivity index (χ1n) is 5.36. The molecule has 18 heavy (non-hydrogen) atoms. The highest BCUT2D eigenvalue weighted by Crippen LogP contribution is 2.24. The van der Waals surface area contributed by atoms with Crippen LogP contribution < -0.4 is 5.32 Å². The van der Waals surface area contributed by atoms with E-state index < -0.39 is 12.1 Å². The van der Waals surface area contributed by atoms with Crippen LogP contribution in [0.2, 0.25) is 0 Å². The second kappa shape index (κ2) is 6.75. The molecule has 98 valence electrons. The maximum absolute atomic E-state index is 11.3. The molecule has 6 nitrogen and oxygen atoms in total. The van der Waals surface area contributed by atoms with Gasteiger partial charge in [-0.1, -0.05) is 26.0 Å². The fourth-order valence-electron chi connectivity index (χ4n) is 1.23. The number of aromatic nitrogens is 1. The number of aryl methyl sites for hydroxylation is 1. The van der Waals surface area contributed by atoms with Crippen LogP contribution in [0, 0.1) is 0 Å². The fraction of sp³-hybridized carbons (Fsp3) is 0.364. The maximum atomic E-state index is 11.3. The van der Waals surface area contributed by atoms with E-state index in [0.29, 0.717) is 11.3 Å². The zero-order valence-electron chi connectivity index (χ0n) is 9.93. The minimum absolute atomic E-state index is 0.0131. The van der Waals surface area contributed by atoms with Gasteiger partial charge in [-0.3, -0.25) is 5.32 Å².